The van der Waals surface area contributed by atoms with E-state index in [0.29, 0.717) is 4.47 Å². The Labute approximate surface area is 91.1 Å². The first kappa shape index (κ1) is 11.2. The van der Waals surface area contributed by atoms with E-state index in [9.17, 15) is 9.50 Å². The van der Waals surface area contributed by atoms with E-state index < -0.39 is 11.9 Å². The van der Waals surface area contributed by atoms with Crippen molar-refractivity contribution >= 4 is 15.9 Å². The van der Waals surface area contributed by atoms with Crippen LogP contribution < -0.4 is 0 Å². The van der Waals surface area contributed by atoms with Crippen molar-refractivity contribution in [3.05, 3.63) is 34.1 Å². The summed E-state index contributed by atoms with van der Waals surface area (Å²) in [5.41, 5.74) is 0.288. The molecule has 0 heterocycles. The molecular weight excluding hydrogens is 247 g/mol. The average molecular weight is 257 g/mol. The molecule has 1 atom stereocenters. The second kappa shape index (κ2) is 5.14. The van der Waals surface area contributed by atoms with Crippen LogP contribution in [0, 0.1) is 17.7 Å². The third kappa shape index (κ3) is 2.83. The number of aliphatic hydroxyl groups excluding tert-OH is 1. The zero-order valence-corrected chi connectivity index (χ0v) is 9.31. The van der Waals surface area contributed by atoms with Gasteiger partial charge in [-0.2, -0.15) is 0 Å². The summed E-state index contributed by atoms with van der Waals surface area (Å²) in [5, 5.41) is 9.57. The zero-order chi connectivity index (χ0) is 10.6. The molecule has 1 unspecified atom stereocenters. The van der Waals surface area contributed by atoms with Crippen LogP contribution in [-0.2, 0) is 0 Å². The van der Waals surface area contributed by atoms with E-state index in [0.717, 1.165) is 0 Å². The second-order valence-corrected chi connectivity index (χ2v) is 3.73. The molecule has 0 aliphatic heterocycles. The predicted molar refractivity (Wildman–Crippen MR) is 57.1 cm³/mol. The van der Waals surface area contributed by atoms with Crippen molar-refractivity contribution < 1.29 is 9.50 Å². The Bertz CT molecular complexity index is 379. The van der Waals surface area contributed by atoms with Crippen LogP contribution in [0.15, 0.2) is 22.7 Å². The molecule has 0 amide bonds. The summed E-state index contributed by atoms with van der Waals surface area (Å²) in [6.45, 7) is 1.69. The van der Waals surface area contributed by atoms with Gasteiger partial charge in [0.2, 0.25) is 0 Å². The summed E-state index contributed by atoms with van der Waals surface area (Å²) in [5.74, 6) is 4.96. The standard InChI is InChI=1S/C11H10BrFO/c1-2-3-4-11(14)9-6-5-8(12)7-10(9)13/h5-7,11,14H,4H2,1H3. The van der Waals surface area contributed by atoms with E-state index in [4.69, 9.17) is 0 Å². The minimum atomic E-state index is -0.851. The number of aliphatic hydroxyl groups is 1. The summed E-state index contributed by atoms with van der Waals surface area (Å²) >= 11 is 3.15. The zero-order valence-electron chi connectivity index (χ0n) is 7.72. The molecule has 0 aliphatic rings. The Hall–Kier alpha value is -0.850. The maximum atomic E-state index is 13.3. The fourth-order valence-electron chi connectivity index (χ4n) is 1.08. The van der Waals surface area contributed by atoms with Crippen LogP contribution in [0.1, 0.15) is 25.0 Å². The molecule has 0 aromatic heterocycles. The number of benzene rings is 1. The molecule has 1 nitrogen and oxygen atoms in total. The van der Waals surface area contributed by atoms with Gasteiger partial charge in [-0.1, -0.05) is 22.0 Å². The van der Waals surface area contributed by atoms with Gasteiger partial charge in [0, 0.05) is 16.5 Å². The van der Waals surface area contributed by atoms with Gasteiger partial charge in [-0.15, -0.1) is 11.8 Å². The Morgan fingerprint density at radius 3 is 2.86 bits per heavy atom. The Kier molecular flexibility index (Phi) is 4.12. The number of hydrogen-bond donors (Lipinski definition) is 1. The van der Waals surface area contributed by atoms with E-state index in [-0.39, 0.29) is 12.0 Å². The average Bonchev–Trinajstić information content (AvgIpc) is 2.14. The van der Waals surface area contributed by atoms with E-state index in [2.05, 4.69) is 27.8 Å². The highest BCUT2D eigenvalue weighted by atomic mass is 79.9. The van der Waals surface area contributed by atoms with Crippen LogP contribution in [0.5, 0.6) is 0 Å². The number of rotatable bonds is 2. The molecule has 14 heavy (non-hydrogen) atoms. The molecule has 0 aliphatic carbocycles. The molecule has 0 bridgehead atoms. The quantitative estimate of drug-likeness (QED) is 0.807. The van der Waals surface area contributed by atoms with E-state index in [1.807, 2.05) is 0 Å². The number of halogens is 2. The summed E-state index contributed by atoms with van der Waals surface area (Å²) in [7, 11) is 0. The van der Waals surface area contributed by atoms with Gasteiger partial charge in [-0.25, -0.2) is 4.39 Å². The van der Waals surface area contributed by atoms with Crippen molar-refractivity contribution in [3.8, 4) is 11.8 Å². The summed E-state index contributed by atoms with van der Waals surface area (Å²) < 4.78 is 13.9. The Morgan fingerprint density at radius 2 is 2.29 bits per heavy atom. The van der Waals surface area contributed by atoms with Crippen molar-refractivity contribution in [2.24, 2.45) is 0 Å². The molecule has 0 radical (unpaired) electrons. The fraction of sp³-hybridized carbons (Fsp3) is 0.273. The molecule has 3 heteroatoms. The van der Waals surface area contributed by atoms with Gasteiger partial charge in [0.15, 0.2) is 0 Å². The van der Waals surface area contributed by atoms with Gasteiger partial charge in [-0.05, 0) is 19.1 Å². The Morgan fingerprint density at radius 1 is 1.57 bits per heavy atom. The van der Waals surface area contributed by atoms with Crippen LogP contribution >= 0.6 is 15.9 Å². The molecule has 1 rings (SSSR count). The van der Waals surface area contributed by atoms with E-state index >= 15 is 0 Å². The minimum Gasteiger partial charge on any atom is -0.387 e. The van der Waals surface area contributed by atoms with Gasteiger partial charge in [0.05, 0.1) is 6.10 Å². The van der Waals surface area contributed by atoms with Gasteiger partial charge < -0.3 is 5.11 Å². The lowest BCUT2D eigenvalue weighted by Gasteiger charge is -2.08. The van der Waals surface area contributed by atoms with Crippen molar-refractivity contribution in [2.75, 3.05) is 0 Å². The van der Waals surface area contributed by atoms with Gasteiger partial charge >= 0.3 is 0 Å². The van der Waals surface area contributed by atoms with Crippen molar-refractivity contribution in [1.82, 2.24) is 0 Å². The maximum Gasteiger partial charge on any atom is 0.130 e. The smallest absolute Gasteiger partial charge is 0.130 e. The molecule has 1 N–H and O–H groups in total. The van der Waals surface area contributed by atoms with Crippen LogP contribution in [-0.4, -0.2) is 5.11 Å². The van der Waals surface area contributed by atoms with Crippen LogP contribution in [0.4, 0.5) is 4.39 Å². The van der Waals surface area contributed by atoms with Crippen molar-refractivity contribution in [3.63, 3.8) is 0 Å². The lowest BCUT2D eigenvalue weighted by molar-refractivity contribution is 0.179. The molecule has 0 saturated heterocycles. The van der Waals surface area contributed by atoms with Crippen molar-refractivity contribution in [2.45, 2.75) is 19.4 Å². The molecule has 74 valence electrons. The second-order valence-electron chi connectivity index (χ2n) is 2.81. The third-order valence-corrected chi connectivity index (χ3v) is 2.29. The van der Waals surface area contributed by atoms with E-state index in [1.54, 1.807) is 19.1 Å². The van der Waals surface area contributed by atoms with Crippen molar-refractivity contribution in [1.29, 1.82) is 0 Å². The summed E-state index contributed by atoms with van der Waals surface area (Å²) in [6.07, 6.45) is -0.592. The van der Waals surface area contributed by atoms with Crippen LogP contribution in [0.3, 0.4) is 0 Å². The summed E-state index contributed by atoms with van der Waals surface area (Å²) in [6, 6.07) is 4.58. The molecule has 0 spiro atoms. The first-order chi connectivity index (χ1) is 6.65. The van der Waals surface area contributed by atoms with E-state index in [1.165, 1.54) is 6.07 Å². The highest BCUT2D eigenvalue weighted by Crippen LogP contribution is 2.22. The van der Waals surface area contributed by atoms with Crippen LogP contribution in [0.2, 0.25) is 0 Å². The number of hydrogen-bond acceptors (Lipinski definition) is 1. The molecule has 1 aromatic rings. The third-order valence-electron chi connectivity index (χ3n) is 1.79. The largest absolute Gasteiger partial charge is 0.387 e. The first-order valence-corrected chi connectivity index (χ1v) is 4.97. The normalized spacial score (nSPS) is 11.7. The first-order valence-electron chi connectivity index (χ1n) is 4.17. The lowest BCUT2D eigenvalue weighted by atomic mass is 10.1. The predicted octanol–water partition coefficient (Wildman–Crippen LogP) is 3.04. The van der Waals surface area contributed by atoms with Gasteiger partial charge in [0.25, 0.3) is 0 Å². The minimum absolute atomic E-state index is 0.259. The van der Waals surface area contributed by atoms with Crippen LogP contribution in [0.25, 0.3) is 0 Å². The molecular formula is C11H10BrFO. The molecule has 1 aromatic carbocycles. The SMILES string of the molecule is CC#CCC(O)c1ccc(Br)cc1F. The monoisotopic (exact) mass is 256 g/mol. The lowest BCUT2D eigenvalue weighted by Crippen LogP contribution is -1.99. The fourth-order valence-corrected chi connectivity index (χ4v) is 1.41. The van der Waals surface area contributed by atoms with Gasteiger partial charge in [-0.3, -0.25) is 0 Å². The highest BCUT2D eigenvalue weighted by molar-refractivity contribution is 9.10. The summed E-state index contributed by atoms with van der Waals surface area (Å²) in [4.78, 5) is 0. The highest BCUT2D eigenvalue weighted by Gasteiger charge is 2.11. The Balaban J connectivity index is 2.88. The topological polar surface area (TPSA) is 20.2 Å². The molecule has 0 saturated carbocycles. The maximum absolute atomic E-state index is 13.3. The molecule has 0 fully saturated rings. The van der Waals surface area contributed by atoms with Gasteiger partial charge in [0.1, 0.15) is 5.82 Å².